The summed E-state index contributed by atoms with van der Waals surface area (Å²) in [5, 5.41) is 20.4. The van der Waals surface area contributed by atoms with E-state index in [9.17, 15) is 14.7 Å². The number of aromatic nitrogens is 3. The van der Waals surface area contributed by atoms with Crippen molar-refractivity contribution in [1.29, 1.82) is 0 Å². The maximum absolute atomic E-state index is 13.0. The highest BCUT2D eigenvalue weighted by Gasteiger charge is 2.36. The smallest absolute Gasteiger partial charge is 0.274 e. The Labute approximate surface area is 190 Å². The molecule has 0 saturated carbocycles. The number of rotatable bonds is 6. The maximum atomic E-state index is 13.0. The molecule has 0 fully saturated rings. The standard InChI is InChI=1S/C23H26N4O4S/c1-13(2)26-10-16(12-31-4)27-11-17(20(28)21(29)19(27)23(26)30)22-25-24-18(32-22)9-15-7-5-14(3)6-8-15/h5-8,11,13,16,29H,9-10,12H2,1-4H3/t16-/m1/s1. The molecule has 0 unspecified atom stereocenters. The Morgan fingerprint density at radius 2 is 1.94 bits per heavy atom. The van der Waals surface area contributed by atoms with Crippen molar-refractivity contribution in [3.8, 4) is 16.3 Å². The molecular formula is C23H26N4O4S. The summed E-state index contributed by atoms with van der Waals surface area (Å²) in [5.41, 5.74) is 1.88. The third-order valence-electron chi connectivity index (χ3n) is 5.63. The Morgan fingerprint density at radius 3 is 2.59 bits per heavy atom. The van der Waals surface area contributed by atoms with E-state index in [4.69, 9.17) is 4.74 Å². The molecule has 9 heteroatoms. The van der Waals surface area contributed by atoms with E-state index in [1.54, 1.807) is 22.8 Å². The molecule has 0 aliphatic carbocycles. The first-order valence-corrected chi connectivity index (χ1v) is 11.3. The van der Waals surface area contributed by atoms with Crippen LogP contribution in [-0.4, -0.2) is 57.0 Å². The zero-order valence-electron chi connectivity index (χ0n) is 18.5. The summed E-state index contributed by atoms with van der Waals surface area (Å²) in [5.74, 6) is -0.930. The van der Waals surface area contributed by atoms with Gasteiger partial charge in [0, 0.05) is 32.3 Å². The summed E-state index contributed by atoms with van der Waals surface area (Å²) in [4.78, 5) is 27.6. The molecule has 8 nitrogen and oxygen atoms in total. The number of aryl methyl sites for hydroxylation is 1. The molecule has 2 aromatic heterocycles. The van der Waals surface area contributed by atoms with Gasteiger partial charge in [-0.3, -0.25) is 9.59 Å². The minimum Gasteiger partial charge on any atom is -0.503 e. The number of pyridine rings is 1. The summed E-state index contributed by atoms with van der Waals surface area (Å²) in [6.45, 7) is 6.59. The summed E-state index contributed by atoms with van der Waals surface area (Å²) in [7, 11) is 1.58. The van der Waals surface area contributed by atoms with Gasteiger partial charge in [0.05, 0.1) is 18.2 Å². The molecule has 1 aromatic carbocycles. The number of benzene rings is 1. The lowest BCUT2D eigenvalue weighted by Gasteiger charge is -2.38. The topological polar surface area (TPSA) is 97.6 Å². The number of hydrogen-bond donors (Lipinski definition) is 1. The number of nitrogens with zero attached hydrogens (tertiary/aromatic N) is 4. The fraction of sp³-hybridized carbons (Fsp3) is 0.391. The third kappa shape index (κ3) is 4.05. The lowest BCUT2D eigenvalue weighted by Crippen LogP contribution is -2.48. The average molecular weight is 455 g/mol. The molecule has 4 rings (SSSR count). The summed E-state index contributed by atoms with van der Waals surface area (Å²) < 4.78 is 7.00. The number of ether oxygens (including phenoxy) is 1. The van der Waals surface area contributed by atoms with E-state index >= 15 is 0 Å². The zero-order chi connectivity index (χ0) is 23.0. The minimum atomic E-state index is -0.621. The first-order valence-electron chi connectivity index (χ1n) is 10.5. The highest BCUT2D eigenvalue weighted by molar-refractivity contribution is 7.14. The van der Waals surface area contributed by atoms with E-state index in [2.05, 4.69) is 10.2 Å². The highest BCUT2D eigenvalue weighted by Crippen LogP contribution is 2.31. The van der Waals surface area contributed by atoms with E-state index < -0.39 is 11.2 Å². The third-order valence-corrected chi connectivity index (χ3v) is 6.59. The van der Waals surface area contributed by atoms with Gasteiger partial charge in [0.15, 0.2) is 16.5 Å². The zero-order valence-corrected chi connectivity index (χ0v) is 19.3. The molecule has 1 amide bonds. The Morgan fingerprint density at radius 1 is 1.22 bits per heavy atom. The van der Waals surface area contributed by atoms with E-state index in [1.807, 2.05) is 45.0 Å². The van der Waals surface area contributed by atoms with Crippen LogP contribution in [0.5, 0.6) is 5.75 Å². The lowest BCUT2D eigenvalue weighted by atomic mass is 10.1. The van der Waals surface area contributed by atoms with Crippen molar-refractivity contribution in [2.45, 2.75) is 39.3 Å². The SMILES string of the molecule is COC[C@H]1CN(C(C)C)C(=O)c2c(O)c(=O)c(-c3nnc(Cc4ccc(C)cc4)s3)cn21. The van der Waals surface area contributed by atoms with Crippen molar-refractivity contribution in [2.75, 3.05) is 20.3 Å². The normalized spacial score (nSPS) is 16.0. The Kier molecular flexibility index (Phi) is 6.12. The fourth-order valence-electron chi connectivity index (χ4n) is 3.89. The lowest BCUT2D eigenvalue weighted by molar-refractivity contribution is 0.0511. The van der Waals surface area contributed by atoms with Crippen LogP contribution in [0.25, 0.3) is 10.6 Å². The molecule has 168 valence electrons. The Hall–Kier alpha value is -3.04. The van der Waals surface area contributed by atoms with Crippen molar-refractivity contribution in [3.05, 3.63) is 62.5 Å². The average Bonchev–Trinajstić information content (AvgIpc) is 3.21. The molecule has 0 bridgehead atoms. The van der Waals surface area contributed by atoms with Crippen LogP contribution < -0.4 is 5.43 Å². The van der Waals surface area contributed by atoms with Crippen molar-refractivity contribution in [3.63, 3.8) is 0 Å². The molecule has 0 radical (unpaired) electrons. The van der Waals surface area contributed by atoms with Crippen molar-refractivity contribution < 1.29 is 14.6 Å². The van der Waals surface area contributed by atoms with Gasteiger partial charge in [0.25, 0.3) is 5.91 Å². The maximum Gasteiger partial charge on any atom is 0.274 e. The van der Waals surface area contributed by atoms with Crippen molar-refractivity contribution >= 4 is 17.2 Å². The summed E-state index contributed by atoms with van der Waals surface area (Å²) in [6, 6.07) is 7.85. The number of hydrogen-bond acceptors (Lipinski definition) is 7. The van der Waals surface area contributed by atoms with Gasteiger partial charge in [-0.15, -0.1) is 10.2 Å². The van der Waals surface area contributed by atoms with Gasteiger partial charge in [-0.05, 0) is 26.3 Å². The first-order chi connectivity index (χ1) is 15.3. The molecule has 3 aromatic rings. The molecule has 1 aliphatic heterocycles. The fourth-order valence-corrected chi connectivity index (χ4v) is 4.77. The second-order valence-corrected chi connectivity index (χ2v) is 9.36. The van der Waals surface area contributed by atoms with E-state index in [1.165, 1.54) is 16.9 Å². The Bertz CT molecular complexity index is 1200. The van der Waals surface area contributed by atoms with Crippen molar-refractivity contribution in [2.24, 2.45) is 0 Å². The Balaban J connectivity index is 1.74. The second kappa shape index (κ2) is 8.84. The molecule has 1 N–H and O–H groups in total. The van der Waals surface area contributed by atoms with Gasteiger partial charge in [-0.1, -0.05) is 41.2 Å². The van der Waals surface area contributed by atoms with E-state index in [0.29, 0.717) is 24.6 Å². The van der Waals surface area contributed by atoms with Gasteiger partial charge < -0.3 is 19.3 Å². The van der Waals surface area contributed by atoms with Gasteiger partial charge in [0.2, 0.25) is 5.43 Å². The van der Waals surface area contributed by atoms with Crippen LogP contribution in [0.2, 0.25) is 0 Å². The van der Waals surface area contributed by atoms with Crippen LogP contribution >= 0.6 is 11.3 Å². The van der Waals surface area contributed by atoms with E-state index in [0.717, 1.165) is 10.6 Å². The van der Waals surface area contributed by atoms with Crippen LogP contribution in [0.15, 0.2) is 35.3 Å². The quantitative estimate of drug-likeness (QED) is 0.615. The monoisotopic (exact) mass is 454 g/mol. The summed E-state index contributed by atoms with van der Waals surface area (Å²) >= 11 is 1.31. The predicted octanol–water partition coefficient (Wildman–Crippen LogP) is 3.02. The number of carbonyl (C=O) groups excluding carboxylic acids is 1. The summed E-state index contributed by atoms with van der Waals surface area (Å²) in [6.07, 6.45) is 2.21. The molecular weight excluding hydrogens is 428 g/mol. The molecule has 1 aliphatic rings. The van der Waals surface area contributed by atoms with Gasteiger partial charge in [-0.2, -0.15) is 0 Å². The van der Waals surface area contributed by atoms with Crippen molar-refractivity contribution in [1.82, 2.24) is 19.7 Å². The van der Waals surface area contributed by atoms with Crippen LogP contribution in [0, 0.1) is 6.92 Å². The highest BCUT2D eigenvalue weighted by atomic mass is 32.1. The molecule has 1 atom stereocenters. The first kappa shape index (κ1) is 22.2. The van der Waals surface area contributed by atoms with Crippen LogP contribution in [0.1, 0.15) is 46.5 Å². The van der Waals surface area contributed by atoms with E-state index in [-0.39, 0.29) is 29.2 Å². The predicted molar refractivity (Wildman–Crippen MR) is 122 cm³/mol. The molecule has 3 heterocycles. The minimum absolute atomic E-state index is 0.00913. The number of methoxy groups -OCH3 is 1. The number of amides is 1. The number of carbonyl (C=O) groups is 1. The van der Waals surface area contributed by atoms with Gasteiger partial charge >= 0.3 is 0 Å². The largest absolute Gasteiger partial charge is 0.503 e. The van der Waals surface area contributed by atoms with Crippen LogP contribution in [-0.2, 0) is 11.2 Å². The van der Waals surface area contributed by atoms with Gasteiger partial charge in [-0.25, -0.2) is 0 Å². The number of fused-ring (bicyclic) bond motifs is 1. The number of aromatic hydroxyl groups is 1. The second-order valence-electron chi connectivity index (χ2n) is 8.30. The molecule has 0 spiro atoms. The van der Waals surface area contributed by atoms with Crippen LogP contribution in [0.3, 0.4) is 0 Å². The molecule has 32 heavy (non-hydrogen) atoms. The molecule has 0 saturated heterocycles. The van der Waals surface area contributed by atoms with Crippen LogP contribution in [0.4, 0.5) is 0 Å². The van der Waals surface area contributed by atoms with Gasteiger partial charge in [0.1, 0.15) is 5.01 Å².